The van der Waals surface area contributed by atoms with E-state index in [0.29, 0.717) is 42.7 Å². The van der Waals surface area contributed by atoms with Crippen LogP contribution < -0.4 is 0 Å². The molecule has 0 saturated carbocycles. The molecule has 1 aliphatic rings. The summed E-state index contributed by atoms with van der Waals surface area (Å²) in [5, 5.41) is 0.521. The third kappa shape index (κ3) is 3.61. The Labute approximate surface area is 164 Å². The molecule has 1 saturated heterocycles. The van der Waals surface area contributed by atoms with Crippen molar-refractivity contribution in [3.05, 3.63) is 59.6 Å². The summed E-state index contributed by atoms with van der Waals surface area (Å²) in [4.78, 5) is 13.3. The van der Waals surface area contributed by atoms with E-state index in [-0.39, 0.29) is 23.0 Å². The lowest BCUT2D eigenvalue weighted by molar-refractivity contribution is -0.137. The molecule has 0 aliphatic carbocycles. The largest absolute Gasteiger partial charge is 0.460 e. The number of rotatable bonds is 2. The van der Waals surface area contributed by atoms with Crippen LogP contribution in [0.2, 0.25) is 0 Å². The number of alkyl halides is 3. The number of para-hydroxylation sites is 1. The van der Waals surface area contributed by atoms with Crippen molar-refractivity contribution >= 4 is 16.9 Å². The molecule has 0 spiro atoms. The van der Waals surface area contributed by atoms with E-state index in [4.69, 9.17) is 4.42 Å². The molecule has 0 atom stereocenters. The second kappa shape index (κ2) is 7.21. The first kappa shape index (κ1) is 19.5. The standard InChI is InChI=1S/C22H19F4NO2/c1-13(28)27-10-8-14(9-11-27)21-20(16-4-2-3-5-19(16)29-21)17-12-15(23)6-7-18(17)22(24,25)26/h2-7,12,14H,8-11H2,1H3. The average molecular weight is 405 g/mol. The van der Waals surface area contributed by atoms with Crippen LogP contribution in [0.3, 0.4) is 0 Å². The van der Waals surface area contributed by atoms with Gasteiger partial charge in [0.2, 0.25) is 5.91 Å². The van der Waals surface area contributed by atoms with Crippen LogP contribution >= 0.6 is 0 Å². The minimum atomic E-state index is -4.63. The van der Waals surface area contributed by atoms with Gasteiger partial charge >= 0.3 is 6.18 Å². The molecule has 152 valence electrons. The highest BCUT2D eigenvalue weighted by Crippen LogP contribution is 2.46. The van der Waals surface area contributed by atoms with Crippen LogP contribution in [0.4, 0.5) is 17.6 Å². The summed E-state index contributed by atoms with van der Waals surface area (Å²) in [5.74, 6) is -0.503. The highest BCUT2D eigenvalue weighted by molar-refractivity contribution is 5.97. The molecule has 3 nitrogen and oxygen atoms in total. The van der Waals surface area contributed by atoms with E-state index >= 15 is 0 Å². The number of fused-ring (bicyclic) bond motifs is 1. The van der Waals surface area contributed by atoms with Crippen LogP contribution in [0.5, 0.6) is 0 Å². The molecule has 0 radical (unpaired) electrons. The molecule has 0 N–H and O–H groups in total. The Morgan fingerprint density at radius 2 is 1.79 bits per heavy atom. The van der Waals surface area contributed by atoms with Crippen LogP contribution in [0.15, 0.2) is 46.9 Å². The second-order valence-corrected chi connectivity index (χ2v) is 7.31. The Hall–Kier alpha value is -2.83. The number of carbonyl (C=O) groups is 1. The zero-order valence-corrected chi connectivity index (χ0v) is 15.7. The lowest BCUT2D eigenvalue weighted by Gasteiger charge is -2.31. The Kier molecular flexibility index (Phi) is 4.84. The molecule has 0 unspecified atom stereocenters. The highest BCUT2D eigenvalue weighted by Gasteiger charge is 2.37. The maximum Gasteiger partial charge on any atom is 0.417 e. The number of furan rings is 1. The Morgan fingerprint density at radius 1 is 1.10 bits per heavy atom. The van der Waals surface area contributed by atoms with Crippen LogP contribution in [0, 0.1) is 5.82 Å². The van der Waals surface area contributed by atoms with Gasteiger partial charge in [0.15, 0.2) is 0 Å². The lowest BCUT2D eigenvalue weighted by Crippen LogP contribution is -2.36. The zero-order chi connectivity index (χ0) is 20.8. The van der Waals surface area contributed by atoms with E-state index in [0.717, 1.165) is 18.2 Å². The third-order valence-corrected chi connectivity index (χ3v) is 5.49. The van der Waals surface area contributed by atoms with Crippen LogP contribution in [0.25, 0.3) is 22.1 Å². The van der Waals surface area contributed by atoms with Gasteiger partial charge in [-0.2, -0.15) is 13.2 Å². The normalized spacial score (nSPS) is 15.8. The number of hydrogen-bond acceptors (Lipinski definition) is 2. The van der Waals surface area contributed by atoms with Gasteiger partial charge < -0.3 is 9.32 Å². The van der Waals surface area contributed by atoms with E-state index in [1.807, 2.05) is 0 Å². The Morgan fingerprint density at radius 3 is 2.45 bits per heavy atom. The van der Waals surface area contributed by atoms with Gasteiger partial charge in [-0.25, -0.2) is 4.39 Å². The number of halogens is 4. The molecule has 0 bridgehead atoms. The van der Waals surface area contributed by atoms with Gasteiger partial charge in [0, 0.05) is 42.4 Å². The minimum absolute atomic E-state index is 0.0298. The summed E-state index contributed by atoms with van der Waals surface area (Å²) >= 11 is 0. The van der Waals surface area contributed by atoms with Crippen molar-refractivity contribution in [1.82, 2.24) is 4.90 Å². The predicted octanol–water partition coefficient (Wildman–Crippen LogP) is 5.98. The lowest BCUT2D eigenvalue weighted by atomic mass is 9.87. The molecule has 7 heteroatoms. The number of piperidine rings is 1. The van der Waals surface area contributed by atoms with Crippen molar-refractivity contribution < 1.29 is 26.8 Å². The van der Waals surface area contributed by atoms with E-state index in [9.17, 15) is 22.4 Å². The number of carbonyl (C=O) groups excluding carboxylic acids is 1. The SMILES string of the molecule is CC(=O)N1CCC(c2oc3ccccc3c2-c2cc(F)ccc2C(F)(F)F)CC1. The van der Waals surface area contributed by atoms with Gasteiger partial charge in [0.05, 0.1) is 5.56 Å². The molecule has 1 fully saturated rings. The predicted molar refractivity (Wildman–Crippen MR) is 101 cm³/mol. The maximum atomic E-state index is 14.0. The van der Waals surface area contributed by atoms with Gasteiger partial charge in [0.1, 0.15) is 17.2 Å². The van der Waals surface area contributed by atoms with Crippen molar-refractivity contribution in [1.29, 1.82) is 0 Å². The molecule has 4 rings (SSSR count). The summed E-state index contributed by atoms with van der Waals surface area (Å²) in [5.41, 5.74) is -0.364. The fraction of sp³-hybridized carbons (Fsp3) is 0.318. The Balaban J connectivity index is 1.89. The average Bonchev–Trinajstić information content (AvgIpc) is 3.06. The first-order chi connectivity index (χ1) is 13.8. The van der Waals surface area contributed by atoms with Crippen molar-refractivity contribution in [2.45, 2.75) is 31.9 Å². The molecule has 1 aromatic heterocycles. The van der Waals surface area contributed by atoms with Gasteiger partial charge in [-0.3, -0.25) is 4.79 Å². The smallest absolute Gasteiger partial charge is 0.417 e. The Bertz CT molecular complexity index is 1060. The number of benzene rings is 2. The van der Waals surface area contributed by atoms with E-state index in [1.54, 1.807) is 29.2 Å². The van der Waals surface area contributed by atoms with Crippen molar-refractivity contribution in [3.8, 4) is 11.1 Å². The van der Waals surface area contributed by atoms with Crippen LogP contribution in [-0.2, 0) is 11.0 Å². The molecule has 1 amide bonds. The zero-order valence-electron chi connectivity index (χ0n) is 15.7. The maximum absolute atomic E-state index is 14.0. The van der Waals surface area contributed by atoms with Gasteiger partial charge in [0.25, 0.3) is 0 Å². The van der Waals surface area contributed by atoms with E-state index in [2.05, 4.69) is 0 Å². The van der Waals surface area contributed by atoms with Gasteiger partial charge in [-0.1, -0.05) is 18.2 Å². The topological polar surface area (TPSA) is 33.5 Å². The number of hydrogen-bond donors (Lipinski definition) is 0. The molecule has 2 heterocycles. The summed E-state index contributed by atoms with van der Waals surface area (Å²) in [6, 6.07) is 9.36. The van der Waals surface area contributed by atoms with Crippen molar-refractivity contribution in [3.63, 3.8) is 0 Å². The molecular weight excluding hydrogens is 386 g/mol. The fourth-order valence-electron chi connectivity index (χ4n) is 4.06. The van der Waals surface area contributed by atoms with Gasteiger partial charge in [-0.15, -0.1) is 0 Å². The quantitative estimate of drug-likeness (QED) is 0.491. The molecule has 2 aromatic carbocycles. The summed E-state index contributed by atoms with van der Waals surface area (Å²) in [7, 11) is 0. The third-order valence-electron chi connectivity index (χ3n) is 5.49. The summed E-state index contributed by atoms with van der Waals surface area (Å²) in [6.45, 7) is 2.51. The number of nitrogens with zero attached hydrogens (tertiary/aromatic N) is 1. The molecule has 3 aromatic rings. The van der Waals surface area contributed by atoms with Gasteiger partial charge in [-0.05, 0) is 37.1 Å². The molecule has 29 heavy (non-hydrogen) atoms. The monoisotopic (exact) mass is 405 g/mol. The fourth-order valence-corrected chi connectivity index (χ4v) is 4.06. The first-order valence-electron chi connectivity index (χ1n) is 9.39. The van der Waals surface area contributed by atoms with Crippen molar-refractivity contribution in [2.24, 2.45) is 0 Å². The van der Waals surface area contributed by atoms with E-state index < -0.39 is 17.6 Å². The van der Waals surface area contributed by atoms with E-state index in [1.165, 1.54) is 6.92 Å². The van der Waals surface area contributed by atoms with Crippen LogP contribution in [-0.4, -0.2) is 23.9 Å². The number of likely N-dealkylation sites (tertiary alicyclic amines) is 1. The molecular formula is C22H19F4NO2. The summed E-state index contributed by atoms with van der Waals surface area (Å²) < 4.78 is 61.1. The first-order valence-corrected chi connectivity index (χ1v) is 9.39. The second-order valence-electron chi connectivity index (χ2n) is 7.31. The van der Waals surface area contributed by atoms with Crippen LogP contribution in [0.1, 0.15) is 37.0 Å². The highest BCUT2D eigenvalue weighted by atomic mass is 19.4. The molecule has 1 aliphatic heterocycles. The number of amides is 1. The summed E-state index contributed by atoms with van der Waals surface area (Å²) in [6.07, 6.45) is -3.48. The minimum Gasteiger partial charge on any atom is -0.460 e. The van der Waals surface area contributed by atoms with Crippen molar-refractivity contribution in [2.75, 3.05) is 13.1 Å².